The normalized spacial score (nSPS) is 22.6. The summed E-state index contributed by atoms with van der Waals surface area (Å²) in [6.45, 7) is 3.01. The zero-order valence-electron chi connectivity index (χ0n) is 11.7. The van der Waals surface area contributed by atoms with Crippen LogP contribution >= 0.6 is 0 Å². The number of anilines is 1. The standard InChI is InChI=1S/C15H20N4O/c1-2-13-11-12(7-10-20-13)17-14-5-3-4-6-15(14)19-9-8-16-18-19/h3-6,8-9,12-13,17H,2,7,10-11H2,1H3. The largest absolute Gasteiger partial charge is 0.380 e. The number of aromatic nitrogens is 3. The van der Waals surface area contributed by atoms with Crippen molar-refractivity contribution in [1.82, 2.24) is 15.0 Å². The predicted octanol–water partition coefficient (Wildman–Crippen LogP) is 2.64. The fourth-order valence-corrected chi connectivity index (χ4v) is 2.65. The molecule has 5 nitrogen and oxygen atoms in total. The number of hydrogen-bond donors (Lipinski definition) is 1. The molecule has 0 bridgehead atoms. The van der Waals surface area contributed by atoms with Gasteiger partial charge in [-0.3, -0.25) is 0 Å². The van der Waals surface area contributed by atoms with Crippen LogP contribution in [0.4, 0.5) is 5.69 Å². The summed E-state index contributed by atoms with van der Waals surface area (Å²) < 4.78 is 7.52. The van der Waals surface area contributed by atoms with Crippen LogP contribution in [0.2, 0.25) is 0 Å². The Balaban J connectivity index is 1.77. The molecule has 106 valence electrons. The Hall–Kier alpha value is -1.88. The van der Waals surface area contributed by atoms with Gasteiger partial charge < -0.3 is 10.1 Å². The molecule has 2 unspecified atom stereocenters. The number of para-hydroxylation sites is 2. The second kappa shape index (κ2) is 6.05. The van der Waals surface area contributed by atoms with Crippen LogP contribution in [-0.2, 0) is 4.74 Å². The van der Waals surface area contributed by atoms with E-state index in [1.54, 1.807) is 10.9 Å². The zero-order chi connectivity index (χ0) is 13.8. The zero-order valence-corrected chi connectivity index (χ0v) is 11.7. The topological polar surface area (TPSA) is 52.0 Å². The van der Waals surface area contributed by atoms with Crippen LogP contribution in [0, 0.1) is 0 Å². The molecule has 1 aliphatic heterocycles. The van der Waals surface area contributed by atoms with Gasteiger partial charge in [-0.05, 0) is 31.4 Å². The number of ether oxygens (including phenoxy) is 1. The van der Waals surface area contributed by atoms with Gasteiger partial charge in [0.1, 0.15) is 0 Å². The summed E-state index contributed by atoms with van der Waals surface area (Å²) in [5.41, 5.74) is 2.13. The van der Waals surface area contributed by atoms with Gasteiger partial charge in [-0.2, -0.15) is 0 Å². The maximum atomic E-state index is 5.73. The minimum absolute atomic E-state index is 0.375. The van der Waals surface area contributed by atoms with Gasteiger partial charge in [-0.1, -0.05) is 24.3 Å². The van der Waals surface area contributed by atoms with Crippen LogP contribution in [0.25, 0.3) is 5.69 Å². The summed E-state index contributed by atoms with van der Waals surface area (Å²) >= 11 is 0. The third-order valence-corrected chi connectivity index (χ3v) is 3.76. The van der Waals surface area contributed by atoms with E-state index in [2.05, 4.69) is 28.6 Å². The van der Waals surface area contributed by atoms with Crippen molar-refractivity contribution in [1.29, 1.82) is 0 Å². The van der Waals surface area contributed by atoms with Crippen molar-refractivity contribution in [3.8, 4) is 5.69 Å². The molecular weight excluding hydrogens is 252 g/mol. The summed E-state index contributed by atoms with van der Waals surface area (Å²) in [7, 11) is 0. The fourth-order valence-electron chi connectivity index (χ4n) is 2.65. The quantitative estimate of drug-likeness (QED) is 0.929. The van der Waals surface area contributed by atoms with Crippen molar-refractivity contribution < 1.29 is 4.74 Å². The molecule has 0 amide bonds. The Labute approximate surface area is 118 Å². The van der Waals surface area contributed by atoms with Crippen LogP contribution in [0.1, 0.15) is 26.2 Å². The number of nitrogens with one attached hydrogen (secondary N) is 1. The highest BCUT2D eigenvalue weighted by Crippen LogP contribution is 2.24. The van der Waals surface area contributed by atoms with Gasteiger partial charge in [0.25, 0.3) is 0 Å². The van der Waals surface area contributed by atoms with Crippen LogP contribution in [0.5, 0.6) is 0 Å². The van der Waals surface area contributed by atoms with Crippen LogP contribution in [0.3, 0.4) is 0 Å². The van der Waals surface area contributed by atoms with Crippen molar-refractivity contribution in [2.45, 2.75) is 38.3 Å². The van der Waals surface area contributed by atoms with E-state index in [-0.39, 0.29) is 0 Å². The second-order valence-electron chi connectivity index (χ2n) is 5.13. The number of rotatable bonds is 4. The molecule has 1 N–H and O–H groups in total. The molecule has 1 aromatic heterocycles. The number of hydrogen-bond acceptors (Lipinski definition) is 4. The molecule has 0 radical (unpaired) electrons. The Kier molecular flexibility index (Phi) is 3.97. The number of nitrogens with zero attached hydrogens (tertiary/aromatic N) is 3. The molecule has 1 aromatic carbocycles. The Morgan fingerprint density at radius 3 is 3.10 bits per heavy atom. The molecule has 0 saturated carbocycles. The molecule has 2 heterocycles. The van der Waals surface area contributed by atoms with Crippen molar-refractivity contribution >= 4 is 5.69 Å². The Morgan fingerprint density at radius 2 is 2.30 bits per heavy atom. The molecule has 1 fully saturated rings. The molecule has 2 aromatic rings. The third-order valence-electron chi connectivity index (χ3n) is 3.76. The molecular formula is C15H20N4O. The van der Waals surface area contributed by atoms with E-state index < -0.39 is 0 Å². The molecule has 0 spiro atoms. The van der Waals surface area contributed by atoms with Gasteiger partial charge in [0, 0.05) is 12.6 Å². The van der Waals surface area contributed by atoms with Crippen LogP contribution < -0.4 is 5.32 Å². The van der Waals surface area contributed by atoms with Crippen LogP contribution in [0.15, 0.2) is 36.7 Å². The van der Waals surface area contributed by atoms with E-state index in [0.717, 1.165) is 37.2 Å². The molecule has 1 saturated heterocycles. The molecule has 20 heavy (non-hydrogen) atoms. The van der Waals surface area contributed by atoms with Crippen molar-refractivity contribution in [3.05, 3.63) is 36.7 Å². The average Bonchev–Trinajstić information content (AvgIpc) is 3.02. The number of benzene rings is 1. The van der Waals surface area contributed by atoms with Gasteiger partial charge in [0.2, 0.25) is 0 Å². The van der Waals surface area contributed by atoms with Crippen molar-refractivity contribution in [2.75, 3.05) is 11.9 Å². The molecule has 5 heteroatoms. The van der Waals surface area contributed by atoms with E-state index >= 15 is 0 Å². The molecule has 1 aliphatic rings. The minimum atomic E-state index is 0.375. The maximum absolute atomic E-state index is 5.73. The highest BCUT2D eigenvalue weighted by molar-refractivity contribution is 5.60. The first-order valence-electron chi connectivity index (χ1n) is 7.20. The van der Waals surface area contributed by atoms with E-state index in [0.29, 0.717) is 12.1 Å². The first-order chi connectivity index (χ1) is 9.86. The summed E-state index contributed by atoms with van der Waals surface area (Å²) in [6.07, 6.45) is 7.10. The molecule has 0 aliphatic carbocycles. The van der Waals surface area contributed by atoms with Crippen molar-refractivity contribution in [2.24, 2.45) is 0 Å². The lowest BCUT2D eigenvalue weighted by Gasteiger charge is -2.30. The van der Waals surface area contributed by atoms with E-state index in [9.17, 15) is 0 Å². The first-order valence-corrected chi connectivity index (χ1v) is 7.20. The van der Waals surface area contributed by atoms with Gasteiger partial charge in [-0.25, -0.2) is 4.68 Å². The lowest BCUT2D eigenvalue weighted by atomic mass is 10.0. The highest BCUT2D eigenvalue weighted by Gasteiger charge is 2.21. The fraction of sp³-hybridized carbons (Fsp3) is 0.467. The predicted molar refractivity (Wildman–Crippen MR) is 78.0 cm³/mol. The Morgan fingerprint density at radius 1 is 1.40 bits per heavy atom. The maximum Gasteiger partial charge on any atom is 0.0894 e. The van der Waals surface area contributed by atoms with E-state index in [1.807, 2.05) is 24.4 Å². The van der Waals surface area contributed by atoms with Gasteiger partial charge in [0.05, 0.1) is 29.9 Å². The first kappa shape index (κ1) is 13.1. The molecule has 3 rings (SSSR count). The summed E-state index contributed by atoms with van der Waals surface area (Å²) in [5.74, 6) is 0. The summed E-state index contributed by atoms with van der Waals surface area (Å²) in [6, 6.07) is 8.65. The monoisotopic (exact) mass is 272 g/mol. The SMILES string of the molecule is CCC1CC(Nc2ccccc2-n2ccnn2)CCO1. The van der Waals surface area contributed by atoms with Crippen LogP contribution in [-0.4, -0.2) is 33.7 Å². The summed E-state index contributed by atoms with van der Waals surface area (Å²) in [4.78, 5) is 0. The molecule has 2 atom stereocenters. The average molecular weight is 272 g/mol. The smallest absolute Gasteiger partial charge is 0.0894 e. The minimum Gasteiger partial charge on any atom is -0.380 e. The van der Waals surface area contributed by atoms with E-state index in [4.69, 9.17) is 4.74 Å². The Bertz CT molecular complexity index is 541. The van der Waals surface area contributed by atoms with Crippen molar-refractivity contribution in [3.63, 3.8) is 0 Å². The van der Waals surface area contributed by atoms with Gasteiger partial charge >= 0.3 is 0 Å². The second-order valence-corrected chi connectivity index (χ2v) is 5.13. The van der Waals surface area contributed by atoms with E-state index in [1.165, 1.54) is 0 Å². The van der Waals surface area contributed by atoms with Gasteiger partial charge in [0.15, 0.2) is 0 Å². The third kappa shape index (κ3) is 2.82. The summed E-state index contributed by atoms with van der Waals surface area (Å²) in [5, 5.41) is 11.6. The lowest BCUT2D eigenvalue weighted by Crippen LogP contribution is -2.34. The highest BCUT2D eigenvalue weighted by atomic mass is 16.5. The lowest BCUT2D eigenvalue weighted by molar-refractivity contribution is 0.00925. The van der Waals surface area contributed by atoms with Gasteiger partial charge in [-0.15, -0.1) is 5.10 Å².